The fourth-order valence-corrected chi connectivity index (χ4v) is 3.55. The Balaban J connectivity index is 1.59. The van der Waals surface area contributed by atoms with Gasteiger partial charge in [-0.15, -0.1) is 13.2 Å². The number of aromatic nitrogens is 2. The number of nitrogens with zero attached hydrogens (tertiary/aromatic N) is 3. The molecule has 0 saturated carbocycles. The largest absolute Gasteiger partial charge is 0.573 e. The Hall–Kier alpha value is -3.95. The lowest BCUT2D eigenvalue weighted by Gasteiger charge is -2.23. The molecule has 1 saturated heterocycles. The Kier molecular flexibility index (Phi) is 5.29. The average Bonchev–Trinajstić information content (AvgIpc) is 2.96. The van der Waals surface area contributed by atoms with Gasteiger partial charge in [0.2, 0.25) is 0 Å². The zero-order valence-corrected chi connectivity index (χ0v) is 16.8. The number of imide groups is 1. The van der Waals surface area contributed by atoms with Gasteiger partial charge in [0.25, 0.3) is 5.91 Å². The highest BCUT2D eigenvalue weighted by molar-refractivity contribution is 6.23. The number of halogens is 3. The molecule has 3 aromatic rings. The molecule has 4 rings (SSSR count). The topological polar surface area (TPSA) is 84.4 Å². The lowest BCUT2D eigenvalue weighted by atomic mass is 9.90. The number of amides is 3. The second-order valence-electron chi connectivity index (χ2n) is 7.37. The highest BCUT2D eigenvalue weighted by atomic mass is 19.4. The van der Waals surface area contributed by atoms with E-state index in [1.54, 1.807) is 37.6 Å². The molecule has 1 aliphatic rings. The Labute approximate surface area is 180 Å². The van der Waals surface area contributed by atoms with Gasteiger partial charge in [0.15, 0.2) is 0 Å². The number of urea groups is 1. The molecule has 10 heteroatoms. The van der Waals surface area contributed by atoms with Gasteiger partial charge in [-0.2, -0.15) is 0 Å². The number of nitrogens with one attached hydrogen (secondary N) is 1. The first-order chi connectivity index (χ1) is 15.2. The molecule has 32 heavy (non-hydrogen) atoms. The molecule has 1 aliphatic heterocycles. The number of ether oxygens (including phenoxy) is 1. The van der Waals surface area contributed by atoms with Crippen LogP contribution in [0, 0.1) is 0 Å². The minimum Gasteiger partial charge on any atom is -0.406 e. The van der Waals surface area contributed by atoms with Crippen molar-refractivity contribution in [2.45, 2.75) is 25.2 Å². The van der Waals surface area contributed by atoms with Crippen molar-refractivity contribution in [3.63, 3.8) is 0 Å². The zero-order chi connectivity index (χ0) is 22.9. The van der Waals surface area contributed by atoms with Crippen LogP contribution in [0.1, 0.15) is 12.5 Å². The predicted octanol–water partition coefficient (Wildman–Crippen LogP) is 4.10. The fourth-order valence-electron chi connectivity index (χ4n) is 3.55. The van der Waals surface area contributed by atoms with Gasteiger partial charge in [-0.05, 0) is 55.0 Å². The number of anilines is 1. The Bertz CT molecular complexity index is 1150. The third-order valence-electron chi connectivity index (χ3n) is 4.99. The van der Waals surface area contributed by atoms with Crippen molar-refractivity contribution in [2.75, 3.05) is 4.90 Å². The van der Waals surface area contributed by atoms with Crippen LogP contribution in [0.15, 0.2) is 67.1 Å². The van der Waals surface area contributed by atoms with Crippen LogP contribution in [0.3, 0.4) is 0 Å². The lowest BCUT2D eigenvalue weighted by molar-refractivity contribution is -0.274. The van der Waals surface area contributed by atoms with Gasteiger partial charge in [0.05, 0.1) is 11.4 Å². The van der Waals surface area contributed by atoms with E-state index in [9.17, 15) is 22.8 Å². The number of pyridine rings is 2. The van der Waals surface area contributed by atoms with Crippen LogP contribution >= 0.6 is 0 Å². The predicted molar refractivity (Wildman–Crippen MR) is 109 cm³/mol. The summed E-state index contributed by atoms with van der Waals surface area (Å²) < 4.78 is 40.9. The molecular formula is C22H17F3N4O3. The number of hydrogen-bond donors (Lipinski definition) is 1. The first kappa shape index (κ1) is 21.3. The third-order valence-corrected chi connectivity index (χ3v) is 4.99. The fraction of sp³-hybridized carbons (Fsp3) is 0.182. The summed E-state index contributed by atoms with van der Waals surface area (Å²) >= 11 is 0. The molecule has 7 nitrogen and oxygen atoms in total. The number of carbonyl (C=O) groups is 2. The summed E-state index contributed by atoms with van der Waals surface area (Å²) in [7, 11) is 0. The molecule has 0 bridgehead atoms. The van der Waals surface area contributed by atoms with Crippen molar-refractivity contribution in [2.24, 2.45) is 0 Å². The SMILES string of the molecule is CC1(Cc2ccncc2-c2ccccn2)NC(=O)N(c2ccc(OC(F)(F)F)cc2)C1=O. The number of hydrogen-bond acceptors (Lipinski definition) is 5. The molecule has 3 heterocycles. The average molecular weight is 442 g/mol. The minimum absolute atomic E-state index is 0.130. The summed E-state index contributed by atoms with van der Waals surface area (Å²) in [5.41, 5.74) is 1.01. The quantitative estimate of drug-likeness (QED) is 0.602. The van der Waals surface area contributed by atoms with Crippen molar-refractivity contribution in [1.29, 1.82) is 0 Å². The number of alkyl halides is 3. The maximum atomic E-state index is 13.2. The molecule has 1 N–H and O–H groups in total. The highest BCUT2D eigenvalue weighted by Crippen LogP contribution is 2.32. The van der Waals surface area contributed by atoms with Gasteiger partial charge in [0.1, 0.15) is 11.3 Å². The van der Waals surface area contributed by atoms with E-state index in [-0.39, 0.29) is 12.1 Å². The maximum absolute atomic E-state index is 13.2. The standard InChI is InChI=1S/C22H17F3N4O3/c1-21(12-14-9-11-26-13-17(14)18-4-2-3-10-27-18)19(30)29(20(31)28-21)15-5-7-16(8-6-15)32-22(23,24)25/h2-11,13H,12H2,1H3,(H,28,31). The molecular weight excluding hydrogens is 425 g/mol. The van der Waals surface area contributed by atoms with E-state index in [4.69, 9.17) is 0 Å². The van der Waals surface area contributed by atoms with Crippen LogP contribution < -0.4 is 15.0 Å². The minimum atomic E-state index is -4.84. The Morgan fingerprint density at radius 2 is 1.81 bits per heavy atom. The number of benzene rings is 1. The van der Waals surface area contributed by atoms with Crippen molar-refractivity contribution in [1.82, 2.24) is 15.3 Å². The van der Waals surface area contributed by atoms with Gasteiger partial charge < -0.3 is 10.1 Å². The lowest BCUT2D eigenvalue weighted by Crippen LogP contribution is -2.46. The van der Waals surface area contributed by atoms with E-state index >= 15 is 0 Å². The summed E-state index contributed by atoms with van der Waals surface area (Å²) in [6, 6.07) is 11.0. The van der Waals surface area contributed by atoms with Crippen molar-refractivity contribution in [3.05, 3.63) is 72.7 Å². The Morgan fingerprint density at radius 1 is 1.06 bits per heavy atom. The van der Waals surface area contributed by atoms with Gasteiger partial charge >= 0.3 is 12.4 Å². The van der Waals surface area contributed by atoms with E-state index in [1.807, 2.05) is 12.1 Å². The van der Waals surface area contributed by atoms with Gasteiger partial charge in [-0.3, -0.25) is 14.8 Å². The second-order valence-corrected chi connectivity index (χ2v) is 7.37. The van der Waals surface area contributed by atoms with E-state index in [0.717, 1.165) is 28.2 Å². The van der Waals surface area contributed by atoms with Crippen molar-refractivity contribution >= 4 is 17.6 Å². The normalized spacial score (nSPS) is 18.6. The molecule has 1 unspecified atom stereocenters. The first-order valence-corrected chi connectivity index (χ1v) is 9.53. The molecule has 3 amide bonds. The maximum Gasteiger partial charge on any atom is 0.573 e. The molecule has 0 radical (unpaired) electrons. The highest BCUT2D eigenvalue weighted by Gasteiger charge is 2.48. The summed E-state index contributed by atoms with van der Waals surface area (Å²) in [6.07, 6.45) is 0.196. The second kappa shape index (κ2) is 7.95. The monoisotopic (exact) mass is 442 g/mol. The summed E-state index contributed by atoms with van der Waals surface area (Å²) in [5, 5.41) is 2.69. The van der Waals surface area contributed by atoms with Crippen LogP contribution in [0.4, 0.5) is 23.7 Å². The van der Waals surface area contributed by atoms with E-state index in [2.05, 4.69) is 20.0 Å². The van der Waals surface area contributed by atoms with Crippen molar-refractivity contribution in [3.8, 4) is 17.0 Å². The molecule has 164 valence electrons. The van der Waals surface area contributed by atoms with Crippen LogP contribution in [-0.2, 0) is 11.2 Å². The molecule has 1 aromatic carbocycles. The van der Waals surface area contributed by atoms with Crippen LogP contribution in [-0.4, -0.2) is 33.8 Å². The van der Waals surface area contributed by atoms with Gasteiger partial charge in [0, 0.05) is 30.6 Å². The smallest absolute Gasteiger partial charge is 0.406 e. The third kappa shape index (κ3) is 4.25. The molecule has 0 aliphatic carbocycles. The zero-order valence-electron chi connectivity index (χ0n) is 16.8. The Morgan fingerprint density at radius 3 is 2.47 bits per heavy atom. The van der Waals surface area contributed by atoms with Gasteiger partial charge in [-0.25, -0.2) is 9.69 Å². The molecule has 0 spiro atoms. The van der Waals surface area contributed by atoms with Crippen molar-refractivity contribution < 1.29 is 27.5 Å². The van der Waals surface area contributed by atoms with Crippen LogP contribution in [0.5, 0.6) is 5.75 Å². The molecule has 1 fully saturated rings. The van der Waals surface area contributed by atoms with E-state index in [1.165, 1.54) is 12.1 Å². The van der Waals surface area contributed by atoms with E-state index in [0.29, 0.717) is 5.69 Å². The number of carbonyl (C=O) groups excluding carboxylic acids is 2. The summed E-state index contributed by atoms with van der Waals surface area (Å²) in [5.74, 6) is -0.983. The van der Waals surface area contributed by atoms with E-state index < -0.39 is 29.6 Å². The number of rotatable bonds is 5. The molecule has 2 aromatic heterocycles. The van der Waals surface area contributed by atoms with Crippen LogP contribution in [0.2, 0.25) is 0 Å². The van der Waals surface area contributed by atoms with Gasteiger partial charge in [-0.1, -0.05) is 6.07 Å². The molecule has 1 atom stereocenters. The van der Waals surface area contributed by atoms with Crippen LogP contribution in [0.25, 0.3) is 11.3 Å². The summed E-state index contributed by atoms with van der Waals surface area (Å²) in [6.45, 7) is 1.59. The summed E-state index contributed by atoms with van der Waals surface area (Å²) in [4.78, 5) is 35.2. The first-order valence-electron chi connectivity index (χ1n) is 9.53.